The fourth-order valence-corrected chi connectivity index (χ4v) is 1.45. The van der Waals surface area contributed by atoms with Crippen LogP contribution in [0.1, 0.15) is 40.5 Å². The second-order valence-corrected chi connectivity index (χ2v) is 5.55. The lowest BCUT2D eigenvalue weighted by atomic mass is 9.99. The Bertz CT molecular complexity index is 269. The summed E-state index contributed by atoms with van der Waals surface area (Å²) in [6, 6.07) is 0. The molecule has 0 spiro atoms. The summed E-state index contributed by atoms with van der Waals surface area (Å²) in [5.74, 6) is -0.866. The molecule has 0 heterocycles. The van der Waals surface area contributed by atoms with Gasteiger partial charge in [-0.15, -0.1) is 0 Å². The number of carboxylic acids is 1. The molecule has 0 aromatic heterocycles. The minimum atomic E-state index is -0.981. The lowest BCUT2D eigenvalue weighted by molar-refractivity contribution is -0.144. The zero-order chi connectivity index (χ0) is 13.6. The van der Waals surface area contributed by atoms with Gasteiger partial charge in [-0.2, -0.15) is 0 Å². The summed E-state index contributed by atoms with van der Waals surface area (Å²) in [6.45, 7) is 7.84. The van der Waals surface area contributed by atoms with Crippen molar-refractivity contribution < 1.29 is 14.7 Å². The van der Waals surface area contributed by atoms with Gasteiger partial charge in [0, 0.05) is 18.5 Å². The van der Waals surface area contributed by atoms with Gasteiger partial charge < -0.3 is 15.7 Å². The topological polar surface area (TPSA) is 83.6 Å². The minimum Gasteiger partial charge on any atom is -0.480 e. The van der Waals surface area contributed by atoms with E-state index in [1.807, 2.05) is 27.7 Å². The van der Waals surface area contributed by atoms with Crippen molar-refractivity contribution in [2.45, 2.75) is 46.1 Å². The number of hydrogen-bond donors (Lipinski definition) is 2. The van der Waals surface area contributed by atoms with Crippen LogP contribution in [0.15, 0.2) is 0 Å². The van der Waals surface area contributed by atoms with Gasteiger partial charge in [0.2, 0.25) is 5.91 Å². The van der Waals surface area contributed by atoms with E-state index < -0.39 is 11.5 Å². The second-order valence-electron chi connectivity index (χ2n) is 5.55. The Labute approximate surface area is 103 Å². The van der Waals surface area contributed by atoms with Crippen LogP contribution in [0.2, 0.25) is 0 Å². The molecule has 1 amide bonds. The SMILES string of the molecule is CC(C)CN(CC(=O)O)C(=O)CCC(C)(C)N. The van der Waals surface area contributed by atoms with E-state index in [4.69, 9.17) is 10.8 Å². The molecule has 0 aromatic rings. The Morgan fingerprint density at radius 1 is 1.35 bits per heavy atom. The fraction of sp³-hybridized carbons (Fsp3) is 0.833. The van der Waals surface area contributed by atoms with E-state index in [9.17, 15) is 9.59 Å². The van der Waals surface area contributed by atoms with Crippen LogP contribution in [0.25, 0.3) is 0 Å². The summed E-state index contributed by atoms with van der Waals surface area (Å²) < 4.78 is 0. The lowest BCUT2D eigenvalue weighted by Gasteiger charge is -2.25. The van der Waals surface area contributed by atoms with Crippen LogP contribution < -0.4 is 5.73 Å². The van der Waals surface area contributed by atoms with Crippen LogP contribution >= 0.6 is 0 Å². The first-order valence-electron chi connectivity index (χ1n) is 5.90. The molecule has 0 fully saturated rings. The predicted octanol–water partition coefficient (Wildman–Crippen LogP) is 1.07. The van der Waals surface area contributed by atoms with Crippen LogP contribution in [0.3, 0.4) is 0 Å². The number of carbonyl (C=O) groups is 2. The van der Waals surface area contributed by atoms with Crippen LogP contribution in [0, 0.1) is 5.92 Å². The third-order valence-corrected chi connectivity index (χ3v) is 2.25. The van der Waals surface area contributed by atoms with E-state index in [1.165, 1.54) is 4.90 Å². The number of carbonyl (C=O) groups excluding carboxylic acids is 1. The van der Waals surface area contributed by atoms with Gasteiger partial charge in [0.05, 0.1) is 0 Å². The van der Waals surface area contributed by atoms with Gasteiger partial charge in [-0.25, -0.2) is 0 Å². The van der Waals surface area contributed by atoms with Gasteiger partial charge >= 0.3 is 5.97 Å². The molecule has 0 aromatic carbocycles. The number of rotatable bonds is 7. The largest absolute Gasteiger partial charge is 0.480 e. The molecule has 5 heteroatoms. The highest BCUT2D eigenvalue weighted by Gasteiger charge is 2.20. The third-order valence-electron chi connectivity index (χ3n) is 2.25. The molecule has 0 radical (unpaired) electrons. The van der Waals surface area contributed by atoms with E-state index in [0.29, 0.717) is 19.4 Å². The first kappa shape index (κ1) is 15.9. The first-order chi connectivity index (χ1) is 7.61. The quantitative estimate of drug-likeness (QED) is 0.701. The maximum atomic E-state index is 11.9. The summed E-state index contributed by atoms with van der Waals surface area (Å²) >= 11 is 0. The summed E-state index contributed by atoms with van der Waals surface area (Å²) in [5, 5.41) is 8.76. The Morgan fingerprint density at radius 3 is 2.24 bits per heavy atom. The summed E-state index contributed by atoms with van der Waals surface area (Å²) in [5.41, 5.74) is 5.40. The summed E-state index contributed by atoms with van der Waals surface area (Å²) in [6.07, 6.45) is 0.851. The van der Waals surface area contributed by atoms with Crippen molar-refractivity contribution in [3.8, 4) is 0 Å². The number of carboxylic acid groups (broad SMARTS) is 1. The van der Waals surface area contributed by atoms with E-state index in [2.05, 4.69) is 0 Å². The Hall–Kier alpha value is -1.10. The van der Waals surface area contributed by atoms with Crippen molar-refractivity contribution in [2.75, 3.05) is 13.1 Å². The molecule has 0 aliphatic carbocycles. The van der Waals surface area contributed by atoms with Gasteiger partial charge in [0.15, 0.2) is 0 Å². The van der Waals surface area contributed by atoms with Gasteiger partial charge in [-0.1, -0.05) is 13.8 Å². The summed E-state index contributed by atoms with van der Waals surface area (Å²) in [7, 11) is 0. The van der Waals surface area contributed by atoms with Crippen molar-refractivity contribution in [2.24, 2.45) is 11.7 Å². The zero-order valence-corrected chi connectivity index (χ0v) is 11.2. The molecule has 100 valence electrons. The molecule has 3 N–H and O–H groups in total. The molecular formula is C12H24N2O3. The van der Waals surface area contributed by atoms with Crippen LogP contribution in [-0.4, -0.2) is 40.5 Å². The van der Waals surface area contributed by atoms with E-state index >= 15 is 0 Å². The van der Waals surface area contributed by atoms with E-state index in [0.717, 1.165) is 0 Å². The average molecular weight is 244 g/mol. The number of nitrogens with zero attached hydrogens (tertiary/aromatic N) is 1. The number of hydrogen-bond acceptors (Lipinski definition) is 3. The Balaban J connectivity index is 4.37. The predicted molar refractivity (Wildman–Crippen MR) is 66.6 cm³/mol. The molecule has 0 atom stereocenters. The average Bonchev–Trinajstić information content (AvgIpc) is 2.10. The third kappa shape index (κ3) is 8.68. The molecule has 0 aliphatic rings. The van der Waals surface area contributed by atoms with Crippen molar-refractivity contribution in [3.05, 3.63) is 0 Å². The van der Waals surface area contributed by atoms with Crippen LogP contribution in [-0.2, 0) is 9.59 Å². The van der Waals surface area contributed by atoms with Crippen molar-refractivity contribution in [3.63, 3.8) is 0 Å². The number of aliphatic carboxylic acids is 1. The van der Waals surface area contributed by atoms with Crippen LogP contribution in [0.5, 0.6) is 0 Å². The lowest BCUT2D eigenvalue weighted by Crippen LogP contribution is -2.40. The molecule has 17 heavy (non-hydrogen) atoms. The smallest absolute Gasteiger partial charge is 0.323 e. The Morgan fingerprint density at radius 2 is 1.88 bits per heavy atom. The van der Waals surface area contributed by atoms with Gasteiger partial charge in [0.25, 0.3) is 0 Å². The maximum Gasteiger partial charge on any atom is 0.323 e. The molecule has 0 saturated carbocycles. The molecule has 0 unspecified atom stereocenters. The van der Waals surface area contributed by atoms with E-state index in [-0.39, 0.29) is 18.4 Å². The van der Waals surface area contributed by atoms with E-state index in [1.54, 1.807) is 0 Å². The first-order valence-corrected chi connectivity index (χ1v) is 5.90. The van der Waals surface area contributed by atoms with Gasteiger partial charge in [-0.05, 0) is 26.2 Å². The molecule has 0 saturated heterocycles. The van der Waals surface area contributed by atoms with Gasteiger partial charge in [0.1, 0.15) is 6.54 Å². The molecule has 5 nitrogen and oxygen atoms in total. The fourth-order valence-electron chi connectivity index (χ4n) is 1.45. The molecule has 0 rings (SSSR count). The molecule has 0 aliphatic heterocycles. The molecular weight excluding hydrogens is 220 g/mol. The maximum absolute atomic E-state index is 11.9. The van der Waals surface area contributed by atoms with Crippen molar-refractivity contribution >= 4 is 11.9 Å². The zero-order valence-electron chi connectivity index (χ0n) is 11.2. The standard InChI is InChI=1S/C12H24N2O3/c1-9(2)7-14(8-11(16)17)10(15)5-6-12(3,4)13/h9H,5-8,13H2,1-4H3,(H,16,17). The highest BCUT2D eigenvalue weighted by atomic mass is 16.4. The monoisotopic (exact) mass is 244 g/mol. The van der Waals surface area contributed by atoms with Gasteiger partial charge in [-0.3, -0.25) is 9.59 Å². The minimum absolute atomic E-state index is 0.139. The highest BCUT2D eigenvalue weighted by molar-refractivity contribution is 5.81. The normalized spacial score (nSPS) is 11.6. The van der Waals surface area contributed by atoms with Crippen LogP contribution in [0.4, 0.5) is 0 Å². The number of amides is 1. The van der Waals surface area contributed by atoms with Crippen molar-refractivity contribution in [1.29, 1.82) is 0 Å². The van der Waals surface area contributed by atoms with Crippen molar-refractivity contribution in [1.82, 2.24) is 4.90 Å². The molecule has 0 bridgehead atoms. The Kier molecular flexibility index (Phi) is 6.16. The number of nitrogens with two attached hydrogens (primary N) is 1. The highest BCUT2D eigenvalue weighted by Crippen LogP contribution is 2.10. The summed E-state index contributed by atoms with van der Waals surface area (Å²) in [4.78, 5) is 23.9. The second kappa shape index (κ2) is 6.59.